The number of halogens is 1. The summed E-state index contributed by atoms with van der Waals surface area (Å²) in [6.07, 6.45) is 2.00. The van der Waals surface area contributed by atoms with Gasteiger partial charge in [-0.3, -0.25) is 0 Å². The maximum absolute atomic E-state index is 13.4. The fourth-order valence-electron chi connectivity index (χ4n) is 2.06. The van der Waals surface area contributed by atoms with Crippen LogP contribution in [0.15, 0.2) is 18.2 Å². The Morgan fingerprint density at radius 1 is 1.53 bits per heavy atom. The van der Waals surface area contributed by atoms with E-state index in [4.69, 9.17) is 10.00 Å². The summed E-state index contributed by atoms with van der Waals surface area (Å²) < 4.78 is 18.9. The number of anilines is 1. The highest BCUT2D eigenvalue weighted by molar-refractivity contribution is 5.49. The van der Waals surface area contributed by atoms with Crippen LogP contribution in [0.25, 0.3) is 0 Å². The van der Waals surface area contributed by atoms with E-state index in [1.165, 1.54) is 12.1 Å². The lowest BCUT2D eigenvalue weighted by atomic mass is 9.94. The second kappa shape index (κ2) is 4.72. The minimum Gasteiger partial charge on any atom is -0.379 e. The van der Waals surface area contributed by atoms with Crippen molar-refractivity contribution in [2.45, 2.75) is 25.3 Å². The summed E-state index contributed by atoms with van der Waals surface area (Å²) in [6, 6.07) is 6.38. The Hall–Kier alpha value is -1.60. The molecule has 1 heterocycles. The fourth-order valence-corrected chi connectivity index (χ4v) is 2.06. The highest BCUT2D eigenvalue weighted by Crippen LogP contribution is 2.25. The largest absolute Gasteiger partial charge is 0.379 e. The van der Waals surface area contributed by atoms with Gasteiger partial charge >= 0.3 is 0 Å². The van der Waals surface area contributed by atoms with Crippen LogP contribution in [0.2, 0.25) is 0 Å². The summed E-state index contributed by atoms with van der Waals surface area (Å²) in [5, 5.41) is 11.9. The van der Waals surface area contributed by atoms with E-state index >= 15 is 0 Å². The van der Waals surface area contributed by atoms with E-state index in [1.54, 1.807) is 6.07 Å². The van der Waals surface area contributed by atoms with Crippen LogP contribution in [-0.2, 0) is 4.74 Å². The van der Waals surface area contributed by atoms with Gasteiger partial charge in [0.05, 0.1) is 17.7 Å². The lowest BCUT2D eigenvalue weighted by Gasteiger charge is -2.35. The van der Waals surface area contributed by atoms with Gasteiger partial charge in [-0.1, -0.05) is 0 Å². The third kappa shape index (κ3) is 2.75. The molecule has 0 aliphatic carbocycles. The SMILES string of the molecule is CC1(Nc2ccc(C#N)c(F)c2)CCCOC1. The lowest BCUT2D eigenvalue weighted by molar-refractivity contribution is 0.0540. The molecule has 0 radical (unpaired) electrons. The third-order valence-electron chi connectivity index (χ3n) is 2.97. The van der Waals surface area contributed by atoms with Crippen molar-refractivity contribution in [2.24, 2.45) is 0 Å². The van der Waals surface area contributed by atoms with Crippen molar-refractivity contribution in [1.29, 1.82) is 5.26 Å². The molecule has 1 atom stereocenters. The van der Waals surface area contributed by atoms with Crippen LogP contribution in [0.5, 0.6) is 0 Å². The Labute approximate surface area is 100 Å². The number of nitrogens with zero attached hydrogens (tertiary/aromatic N) is 1. The summed E-state index contributed by atoms with van der Waals surface area (Å²) in [4.78, 5) is 0. The molecule has 1 aliphatic rings. The highest BCUT2D eigenvalue weighted by Gasteiger charge is 2.27. The van der Waals surface area contributed by atoms with Crippen molar-refractivity contribution in [3.05, 3.63) is 29.6 Å². The van der Waals surface area contributed by atoms with Crippen molar-refractivity contribution < 1.29 is 9.13 Å². The number of hydrogen-bond donors (Lipinski definition) is 1. The predicted molar refractivity (Wildman–Crippen MR) is 63.2 cm³/mol. The summed E-state index contributed by atoms with van der Waals surface area (Å²) in [5.41, 5.74) is 0.605. The van der Waals surface area contributed by atoms with Crippen LogP contribution in [0.1, 0.15) is 25.3 Å². The first-order chi connectivity index (χ1) is 8.13. The predicted octanol–water partition coefficient (Wildman–Crippen LogP) is 2.68. The fraction of sp³-hybridized carbons (Fsp3) is 0.462. The second-order valence-electron chi connectivity index (χ2n) is 4.65. The van der Waals surface area contributed by atoms with Crippen LogP contribution in [0.4, 0.5) is 10.1 Å². The maximum atomic E-state index is 13.4. The summed E-state index contributed by atoms with van der Waals surface area (Å²) >= 11 is 0. The average molecular weight is 234 g/mol. The van der Waals surface area contributed by atoms with Crippen molar-refractivity contribution in [2.75, 3.05) is 18.5 Å². The zero-order valence-corrected chi connectivity index (χ0v) is 9.79. The summed E-state index contributed by atoms with van der Waals surface area (Å²) in [5.74, 6) is -0.488. The van der Waals surface area contributed by atoms with E-state index in [1.807, 2.05) is 6.07 Å². The zero-order valence-electron chi connectivity index (χ0n) is 9.79. The first kappa shape index (κ1) is 11.9. The molecule has 0 saturated carbocycles. The van der Waals surface area contributed by atoms with Crippen LogP contribution in [-0.4, -0.2) is 18.8 Å². The number of benzene rings is 1. The van der Waals surface area contributed by atoms with Crippen molar-refractivity contribution >= 4 is 5.69 Å². The van der Waals surface area contributed by atoms with Crippen LogP contribution < -0.4 is 5.32 Å². The van der Waals surface area contributed by atoms with Gasteiger partial charge in [0.2, 0.25) is 0 Å². The number of rotatable bonds is 2. The molecule has 3 nitrogen and oxygen atoms in total. The van der Waals surface area contributed by atoms with Gasteiger partial charge in [-0.2, -0.15) is 5.26 Å². The quantitative estimate of drug-likeness (QED) is 0.855. The highest BCUT2D eigenvalue weighted by atomic mass is 19.1. The molecule has 1 aromatic rings. The molecule has 4 heteroatoms. The molecule has 0 spiro atoms. The molecule has 1 unspecified atom stereocenters. The van der Waals surface area contributed by atoms with Gasteiger partial charge in [-0.05, 0) is 38.0 Å². The smallest absolute Gasteiger partial charge is 0.143 e. The minimum atomic E-state index is -0.488. The van der Waals surface area contributed by atoms with E-state index in [0.717, 1.165) is 19.4 Å². The van der Waals surface area contributed by atoms with Crippen molar-refractivity contribution in [3.8, 4) is 6.07 Å². The molecule has 17 heavy (non-hydrogen) atoms. The van der Waals surface area contributed by atoms with Crippen LogP contribution in [0.3, 0.4) is 0 Å². The van der Waals surface area contributed by atoms with Gasteiger partial charge in [-0.25, -0.2) is 4.39 Å². The van der Waals surface area contributed by atoms with Gasteiger partial charge in [0.1, 0.15) is 11.9 Å². The summed E-state index contributed by atoms with van der Waals surface area (Å²) in [7, 11) is 0. The van der Waals surface area contributed by atoms with Crippen LogP contribution in [0, 0.1) is 17.1 Å². The van der Waals surface area contributed by atoms with Gasteiger partial charge in [0.15, 0.2) is 0 Å². The van der Waals surface area contributed by atoms with E-state index in [2.05, 4.69) is 12.2 Å². The Kier molecular flexibility index (Phi) is 3.30. The van der Waals surface area contributed by atoms with E-state index < -0.39 is 5.82 Å². The first-order valence-corrected chi connectivity index (χ1v) is 5.69. The monoisotopic (exact) mass is 234 g/mol. The van der Waals surface area contributed by atoms with Gasteiger partial charge < -0.3 is 10.1 Å². The molecule has 1 fully saturated rings. The molecule has 1 N–H and O–H groups in total. The lowest BCUT2D eigenvalue weighted by Crippen LogP contribution is -2.43. The topological polar surface area (TPSA) is 45.0 Å². The van der Waals surface area contributed by atoms with Gasteiger partial charge in [0, 0.05) is 12.3 Å². The summed E-state index contributed by atoms with van der Waals surface area (Å²) in [6.45, 7) is 3.47. The maximum Gasteiger partial charge on any atom is 0.143 e. The molecule has 0 amide bonds. The first-order valence-electron chi connectivity index (χ1n) is 5.69. The second-order valence-corrected chi connectivity index (χ2v) is 4.65. The number of nitriles is 1. The molecule has 1 aliphatic heterocycles. The van der Waals surface area contributed by atoms with Crippen LogP contribution >= 0.6 is 0 Å². The number of ether oxygens (including phenoxy) is 1. The Bertz CT molecular complexity index is 447. The van der Waals surface area contributed by atoms with Gasteiger partial charge in [-0.15, -0.1) is 0 Å². The molecule has 1 aromatic carbocycles. The molecule has 1 saturated heterocycles. The van der Waals surface area contributed by atoms with Crippen molar-refractivity contribution in [3.63, 3.8) is 0 Å². The van der Waals surface area contributed by atoms with Crippen molar-refractivity contribution in [1.82, 2.24) is 0 Å². The van der Waals surface area contributed by atoms with E-state index in [-0.39, 0.29) is 11.1 Å². The van der Waals surface area contributed by atoms with E-state index in [0.29, 0.717) is 12.3 Å². The molecule has 2 rings (SSSR count). The Balaban J connectivity index is 2.13. The molecule has 0 aromatic heterocycles. The molecule has 0 bridgehead atoms. The number of nitrogens with one attached hydrogen (secondary N) is 1. The minimum absolute atomic E-state index is 0.0700. The number of hydrogen-bond acceptors (Lipinski definition) is 3. The Morgan fingerprint density at radius 2 is 2.35 bits per heavy atom. The zero-order chi connectivity index (χ0) is 12.3. The normalized spacial score (nSPS) is 24.1. The molecular formula is C13H15FN2O. The molecular weight excluding hydrogens is 219 g/mol. The van der Waals surface area contributed by atoms with E-state index in [9.17, 15) is 4.39 Å². The standard InChI is InChI=1S/C13H15FN2O/c1-13(5-2-6-17-9-13)16-11-4-3-10(8-15)12(14)7-11/h3-4,7,16H,2,5-6,9H2,1H3. The van der Waals surface area contributed by atoms with Gasteiger partial charge in [0.25, 0.3) is 0 Å². The average Bonchev–Trinajstić information content (AvgIpc) is 2.29. The third-order valence-corrected chi connectivity index (χ3v) is 2.97. The molecule has 90 valence electrons. The Morgan fingerprint density at radius 3 is 2.94 bits per heavy atom.